The maximum Gasteiger partial charge on any atom is 0.324 e. The fourth-order valence-electron chi connectivity index (χ4n) is 1.19. The molecule has 1 rings (SSSR count). The number of nitrogens with two attached hydrogens (primary N) is 2. The monoisotopic (exact) mass is 301 g/mol. The van der Waals surface area contributed by atoms with Crippen LogP contribution in [0.4, 0.5) is 28.9 Å². The van der Waals surface area contributed by atoms with E-state index < -0.39 is 33.8 Å². The summed E-state index contributed by atoms with van der Waals surface area (Å²) in [6, 6.07) is 3.06. The van der Waals surface area contributed by atoms with Crippen molar-refractivity contribution in [1.29, 1.82) is 0 Å². The second kappa shape index (κ2) is 5.21. The average Bonchev–Trinajstić information content (AvgIpc) is 2.24. The third-order valence-corrected chi connectivity index (χ3v) is 3.00. The first-order valence-corrected chi connectivity index (χ1v) is 6.40. The van der Waals surface area contributed by atoms with E-state index in [1.165, 1.54) is 0 Å². The molecule has 0 amide bonds. The lowest BCUT2D eigenvalue weighted by atomic mass is 10.2. The number of sulfonamides is 1. The Morgan fingerprint density at radius 3 is 2.32 bits per heavy atom. The van der Waals surface area contributed by atoms with Crippen molar-refractivity contribution in [1.82, 2.24) is 0 Å². The lowest BCUT2D eigenvalue weighted by Gasteiger charge is -2.17. The molecule has 5 N–H and O–H groups in total. The normalized spacial score (nSPS) is 12.7. The van der Waals surface area contributed by atoms with Crippen LogP contribution in [-0.2, 0) is 10.0 Å². The average molecular weight is 301 g/mol. The standard InChI is InChI=1S/C9H11F4N3O2S/c10-8(11)9(12,13)4-16-6-1-5(14)2-7(3-6)19(15,17)18/h1-3,8,16H,4,14H2,(H2,15,17,18). The molecule has 0 spiro atoms. The number of benzene rings is 1. The van der Waals surface area contributed by atoms with Gasteiger partial charge in [-0.3, -0.25) is 0 Å². The van der Waals surface area contributed by atoms with Crippen LogP contribution in [0, 0.1) is 0 Å². The van der Waals surface area contributed by atoms with Gasteiger partial charge >= 0.3 is 12.3 Å². The summed E-state index contributed by atoms with van der Waals surface area (Å²) in [6.07, 6.45) is -3.83. The van der Waals surface area contributed by atoms with E-state index in [4.69, 9.17) is 10.9 Å². The van der Waals surface area contributed by atoms with Gasteiger partial charge in [0.15, 0.2) is 0 Å². The number of hydrogen-bond donors (Lipinski definition) is 3. The lowest BCUT2D eigenvalue weighted by molar-refractivity contribution is -0.117. The highest BCUT2D eigenvalue weighted by molar-refractivity contribution is 7.89. The molecule has 0 unspecified atom stereocenters. The van der Waals surface area contributed by atoms with Crippen LogP contribution in [0.3, 0.4) is 0 Å². The van der Waals surface area contributed by atoms with Gasteiger partial charge in [0.05, 0.1) is 11.4 Å². The molecule has 1 aromatic carbocycles. The van der Waals surface area contributed by atoms with Crippen molar-refractivity contribution in [2.75, 3.05) is 17.6 Å². The quantitative estimate of drug-likeness (QED) is 0.562. The molecule has 0 aliphatic heterocycles. The van der Waals surface area contributed by atoms with Crippen LogP contribution >= 0.6 is 0 Å². The summed E-state index contributed by atoms with van der Waals surface area (Å²) in [5.74, 6) is -4.24. The van der Waals surface area contributed by atoms with Crippen LogP contribution in [0.1, 0.15) is 0 Å². The number of nitrogen functional groups attached to an aromatic ring is 1. The zero-order valence-corrected chi connectivity index (χ0v) is 10.2. The van der Waals surface area contributed by atoms with Crippen molar-refractivity contribution >= 4 is 21.4 Å². The SMILES string of the molecule is Nc1cc(NCC(F)(F)C(F)F)cc(S(N)(=O)=O)c1. The van der Waals surface area contributed by atoms with Gasteiger partial charge in [-0.15, -0.1) is 0 Å². The third-order valence-electron chi connectivity index (χ3n) is 2.10. The molecular formula is C9H11F4N3O2S. The van der Waals surface area contributed by atoms with E-state index in [1.54, 1.807) is 0 Å². The number of nitrogens with one attached hydrogen (secondary N) is 1. The highest BCUT2D eigenvalue weighted by atomic mass is 32.2. The largest absolute Gasteiger partial charge is 0.399 e. The number of alkyl halides is 4. The van der Waals surface area contributed by atoms with Crippen molar-refractivity contribution in [2.45, 2.75) is 17.2 Å². The van der Waals surface area contributed by atoms with Gasteiger partial charge in [-0.25, -0.2) is 22.3 Å². The zero-order chi connectivity index (χ0) is 14.8. The molecule has 0 saturated carbocycles. The zero-order valence-electron chi connectivity index (χ0n) is 9.41. The Morgan fingerprint density at radius 1 is 1.26 bits per heavy atom. The van der Waals surface area contributed by atoms with E-state index in [2.05, 4.69) is 0 Å². The second-order valence-electron chi connectivity index (χ2n) is 3.75. The minimum absolute atomic E-state index is 0.0608. The molecule has 0 heterocycles. The number of halogens is 4. The second-order valence-corrected chi connectivity index (χ2v) is 5.31. The summed E-state index contributed by atoms with van der Waals surface area (Å²) in [7, 11) is -4.07. The smallest absolute Gasteiger partial charge is 0.324 e. The maximum absolute atomic E-state index is 12.7. The number of primary sulfonamides is 1. The van der Waals surface area contributed by atoms with Crippen LogP contribution in [0.2, 0.25) is 0 Å². The van der Waals surface area contributed by atoms with Gasteiger partial charge in [0.25, 0.3) is 0 Å². The summed E-state index contributed by atoms with van der Waals surface area (Å²) < 4.78 is 71.4. The van der Waals surface area contributed by atoms with Gasteiger partial charge in [-0.1, -0.05) is 0 Å². The number of rotatable bonds is 5. The highest BCUT2D eigenvalue weighted by Gasteiger charge is 2.40. The molecule has 0 fully saturated rings. The van der Waals surface area contributed by atoms with Crippen molar-refractivity contribution in [3.8, 4) is 0 Å². The first-order valence-electron chi connectivity index (χ1n) is 4.85. The summed E-state index contributed by atoms with van der Waals surface area (Å²) >= 11 is 0. The molecule has 0 saturated heterocycles. The van der Waals surface area contributed by atoms with Crippen LogP contribution in [0.15, 0.2) is 23.1 Å². The summed E-state index contributed by atoms with van der Waals surface area (Å²) in [6.45, 7) is -1.36. The molecule has 0 aliphatic rings. The predicted molar refractivity (Wildman–Crippen MR) is 61.7 cm³/mol. The molecule has 108 valence electrons. The summed E-state index contributed by atoms with van der Waals surface area (Å²) in [5.41, 5.74) is 5.15. The van der Waals surface area contributed by atoms with Crippen LogP contribution < -0.4 is 16.2 Å². The Kier molecular flexibility index (Phi) is 4.25. The Hall–Kier alpha value is -1.55. The molecule has 0 aromatic heterocycles. The molecule has 0 aliphatic carbocycles. The van der Waals surface area contributed by atoms with Gasteiger partial charge < -0.3 is 11.1 Å². The van der Waals surface area contributed by atoms with Crippen molar-refractivity contribution in [3.05, 3.63) is 18.2 Å². The van der Waals surface area contributed by atoms with E-state index in [1.807, 2.05) is 5.32 Å². The van der Waals surface area contributed by atoms with Gasteiger partial charge in [-0.05, 0) is 18.2 Å². The minimum Gasteiger partial charge on any atom is -0.399 e. The number of hydrogen-bond acceptors (Lipinski definition) is 4. The highest BCUT2D eigenvalue weighted by Crippen LogP contribution is 2.25. The lowest BCUT2D eigenvalue weighted by Crippen LogP contribution is -2.34. The first-order chi connectivity index (χ1) is 8.52. The van der Waals surface area contributed by atoms with Crippen molar-refractivity contribution < 1.29 is 26.0 Å². The number of anilines is 2. The Bertz CT molecular complexity index is 563. The first kappa shape index (κ1) is 15.5. The van der Waals surface area contributed by atoms with Gasteiger partial charge in [0.1, 0.15) is 0 Å². The molecular weight excluding hydrogens is 290 g/mol. The van der Waals surface area contributed by atoms with E-state index >= 15 is 0 Å². The molecule has 0 bridgehead atoms. The fourth-order valence-corrected chi connectivity index (χ4v) is 1.78. The summed E-state index contributed by atoms with van der Waals surface area (Å²) in [5, 5.41) is 6.84. The maximum atomic E-state index is 12.7. The molecule has 0 atom stereocenters. The van der Waals surface area contributed by atoms with Crippen molar-refractivity contribution in [2.24, 2.45) is 5.14 Å². The molecule has 19 heavy (non-hydrogen) atoms. The van der Waals surface area contributed by atoms with Crippen LogP contribution in [-0.4, -0.2) is 27.3 Å². The van der Waals surface area contributed by atoms with Gasteiger partial charge in [0, 0.05) is 11.4 Å². The van der Waals surface area contributed by atoms with E-state index in [-0.39, 0.29) is 11.4 Å². The molecule has 0 radical (unpaired) electrons. The van der Waals surface area contributed by atoms with Gasteiger partial charge in [-0.2, -0.15) is 8.78 Å². The molecule has 1 aromatic rings. The van der Waals surface area contributed by atoms with E-state index in [0.29, 0.717) is 0 Å². The predicted octanol–water partition coefficient (Wildman–Crippen LogP) is 1.23. The Balaban J connectivity index is 2.95. The minimum atomic E-state index is -4.24. The Morgan fingerprint density at radius 2 is 1.84 bits per heavy atom. The van der Waals surface area contributed by atoms with Crippen LogP contribution in [0.5, 0.6) is 0 Å². The fraction of sp³-hybridized carbons (Fsp3) is 0.333. The van der Waals surface area contributed by atoms with Crippen molar-refractivity contribution in [3.63, 3.8) is 0 Å². The third kappa shape index (κ3) is 4.24. The summed E-state index contributed by atoms with van der Waals surface area (Å²) in [4.78, 5) is -0.407. The Labute approximate surface area is 106 Å². The van der Waals surface area contributed by atoms with Crippen LogP contribution in [0.25, 0.3) is 0 Å². The van der Waals surface area contributed by atoms with E-state index in [9.17, 15) is 26.0 Å². The molecule has 5 nitrogen and oxygen atoms in total. The topological polar surface area (TPSA) is 98.2 Å². The van der Waals surface area contributed by atoms with E-state index in [0.717, 1.165) is 18.2 Å². The molecule has 10 heteroatoms. The van der Waals surface area contributed by atoms with Gasteiger partial charge in [0.2, 0.25) is 10.0 Å².